The molecule has 1 N–H and O–H groups in total. The number of anilines is 1. The fourth-order valence-electron chi connectivity index (χ4n) is 4.91. The van der Waals surface area contributed by atoms with E-state index < -0.39 is 28.5 Å². The van der Waals surface area contributed by atoms with Gasteiger partial charge < -0.3 is 10.2 Å². The summed E-state index contributed by atoms with van der Waals surface area (Å²) in [5.41, 5.74) is 4.38. The molecule has 7 nitrogen and oxygen atoms in total. The van der Waals surface area contributed by atoms with E-state index in [2.05, 4.69) is 5.32 Å². The molecule has 2 amide bonds. The molecule has 0 aromatic heterocycles. The first-order valence-electron chi connectivity index (χ1n) is 14.0. The Hall–Kier alpha value is -4.14. The number of halogens is 1. The first kappa shape index (κ1) is 31.8. The number of nitrogens with one attached hydrogen (secondary N) is 1. The summed E-state index contributed by atoms with van der Waals surface area (Å²) in [5.74, 6) is -0.875. The van der Waals surface area contributed by atoms with Gasteiger partial charge in [-0.2, -0.15) is 0 Å². The van der Waals surface area contributed by atoms with E-state index in [-0.39, 0.29) is 29.5 Å². The van der Waals surface area contributed by atoms with Crippen LogP contribution in [0.25, 0.3) is 0 Å². The quantitative estimate of drug-likeness (QED) is 0.229. The lowest BCUT2D eigenvalue weighted by Gasteiger charge is -2.34. The van der Waals surface area contributed by atoms with Gasteiger partial charge in [0, 0.05) is 25.0 Å². The van der Waals surface area contributed by atoms with Crippen LogP contribution >= 0.6 is 11.6 Å². The maximum absolute atomic E-state index is 14.4. The maximum Gasteiger partial charge on any atom is 0.264 e. The molecule has 0 bridgehead atoms. The minimum absolute atomic E-state index is 0.0443. The van der Waals surface area contributed by atoms with Gasteiger partial charge in [-0.1, -0.05) is 90.0 Å². The number of carbonyl (C=O) groups is 2. The third kappa shape index (κ3) is 7.45. The topological polar surface area (TPSA) is 86.8 Å². The zero-order valence-corrected chi connectivity index (χ0v) is 26.3. The number of amides is 2. The molecule has 0 heterocycles. The first-order valence-corrected chi connectivity index (χ1v) is 15.8. The minimum atomic E-state index is -4.20. The van der Waals surface area contributed by atoms with E-state index in [9.17, 15) is 18.0 Å². The van der Waals surface area contributed by atoms with Crippen LogP contribution in [0.15, 0.2) is 102 Å². The number of rotatable bonds is 11. The minimum Gasteiger partial charge on any atom is -0.357 e. The van der Waals surface area contributed by atoms with Crippen molar-refractivity contribution >= 4 is 39.1 Å². The summed E-state index contributed by atoms with van der Waals surface area (Å²) >= 11 is 6.43. The Bertz CT molecular complexity index is 1690. The molecule has 4 aromatic carbocycles. The molecule has 0 aliphatic carbocycles. The van der Waals surface area contributed by atoms with Crippen molar-refractivity contribution in [2.45, 2.75) is 44.7 Å². The molecule has 0 saturated heterocycles. The maximum atomic E-state index is 14.4. The monoisotopic (exact) mass is 617 g/mol. The van der Waals surface area contributed by atoms with E-state index in [1.807, 2.05) is 68.4 Å². The van der Waals surface area contributed by atoms with Crippen molar-refractivity contribution in [3.05, 3.63) is 130 Å². The predicted molar refractivity (Wildman–Crippen MR) is 172 cm³/mol. The van der Waals surface area contributed by atoms with Gasteiger partial charge in [0.25, 0.3) is 10.0 Å². The fraction of sp³-hybridized carbons (Fsp3) is 0.235. The Morgan fingerprint density at radius 1 is 0.837 bits per heavy atom. The lowest BCUT2D eigenvalue weighted by atomic mass is 10.0. The van der Waals surface area contributed by atoms with Crippen molar-refractivity contribution in [3.63, 3.8) is 0 Å². The molecule has 0 fully saturated rings. The number of carbonyl (C=O) groups excluding carboxylic acids is 2. The smallest absolute Gasteiger partial charge is 0.264 e. The molecule has 4 rings (SSSR count). The number of sulfonamides is 1. The van der Waals surface area contributed by atoms with Crippen LogP contribution in [0, 0.1) is 20.8 Å². The first-order chi connectivity index (χ1) is 20.5. The molecule has 4 aromatic rings. The largest absolute Gasteiger partial charge is 0.357 e. The average Bonchev–Trinajstić information content (AvgIpc) is 3.00. The third-order valence-corrected chi connectivity index (χ3v) is 9.70. The van der Waals surface area contributed by atoms with E-state index in [1.54, 1.807) is 37.3 Å². The average molecular weight is 618 g/mol. The molecular weight excluding hydrogens is 582 g/mol. The number of hydrogen-bond donors (Lipinski definition) is 1. The Morgan fingerprint density at radius 2 is 1.49 bits per heavy atom. The molecule has 1 atom stereocenters. The lowest BCUT2D eigenvalue weighted by Crippen LogP contribution is -2.53. The van der Waals surface area contributed by atoms with Gasteiger partial charge >= 0.3 is 0 Å². The van der Waals surface area contributed by atoms with Crippen molar-refractivity contribution in [1.82, 2.24) is 10.2 Å². The highest BCUT2D eigenvalue weighted by Crippen LogP contribution is 2.31. The van der Waals surface area contributed by atoms with Crippen molar-refractivity contribution in [1.29, 1.82) is 0 Å². The van der Waals surface area contributed by atoms with Crippen molar-refractivity contribution in [2.75, 3.05) is 17.9 Å². The molecule has 0 aliphatic rings. The molecule has 0 spiro atoms. The molecule has 0 aliphatic heterocycles. The molecular formula is C34H36ClN3O4S. The second-order valence-electron chi connectivity index (χ2n) is 10.5. The molecule has 43 heavy (non-hydrogen) atoms. The van der Waals surface area contributed by atoms with Crippen LogP contribution in [0.3, 0.4) is 0 Å². The number of aryl methyl sites for hydroxylation is 2. The van der Waals surface area contributed by atoms with Crippen LogP contribution < -0.4 is 9.62 Å². The molecule has 0 saturated carbocycles. The molecule has 0 radical (unpaired) electrons. The van der Waals surface area contributed by atoms with Gasteiger partial charge in [-0.25, -0.2) is 8.42 Å². The van der Waals surface area contributed by atoms with Crippen LogP contribution in [0.5, 0.6) is 0 Å². The fourth-order valence-corrected chi connectivity index (χ4v) is 6.55. The van der Waals surface area contributed by atoms with E-state index >= 15 is 0 Å². The summed E-state index contributed by atoms with van der Waals surface area (Å²) < 4.78 is 29.4. The Morgan fingerprint density at radius 3 is 2.14 bits per heavy atom. The summed E-state index contributed by atoms with van der Waals surface area (Å²) in [7, 11) is -2.68. The van der Waals surface area contributed by atoms with E-state index in [4.69, 9.17) is 11.6 Å². The summed E-state index contributed by atoms with van der Waals surface area (Å²) in [4.78, 5) is 29.3. The molecule has 0 unspecified atom stereocenters. The van der Waals surface area contributed by atoms with Gasteiger partial charge in [0.2, 0.25) is 11.8 Å². The van der Waals surface area contributed by atoms with Crippen molar-refractivity contribution in [3.8, 4) is 0 Å². The van der Waals surface area contributed by atoms with Gasteiger partial charge in [0.05, 0.1) is 10.6 Å². The number of likely N-dealkylation sites (N-methyl/N-ethyl adjacent to an activating group) is 1. The molecule has 224 valence electrons. The van der Waals surface area contributed by atoms with Crippen LogP contribution in [-0.2, 0) is 32.6 Å². The van der Waals surface area contributed by atoms with E-state index in [1.165, 1.54) is 24.1 Å². The van der Waals surface area contributed by atoms with Crippen LogP contribution in [0.4, 0.5) is 5.69 Å². The molecule has 9 heteroatoms. The second-order valence-corrected chi connectivity index (χ2v) is 12.7. The van der Waals surface area contributed by atoms with Gasteiger partial charge in [0.15, 0.2) is 0 Å². The summed E-state index contributed by atoms with van der Waals surface area (Å²) in [6.45, 7) is 5.10. The van der Waals surface area contributed by atoms with E-state index in [0.29, 0.717) is 10.6 Å². The van der Waals surface area contributed by atoms with Crippen molar-refractivity contribution in [2.24, 2.45) is 0 Å². The normalized spacial score (nSPS) is 11.9. The number of nitrogens with zero attached hydrogens (tertiary/aromatic N) is 2. The Labute approximate surface area is 259 Å². The van der Waals surface area contributed by atoms with Gasteiger partial charge in [-0.3, -0.25) is 13.9 Å². The highest BCUT2D eigenvalue weighted by molar-refractivity contribution is 7.92. The van der Waals surface area contributed by atoms with E-state index in [0.717, 1.165) is 26.6 Å². The van der Waals surface area contributed by atoms with Gasteiger partial charge in [-0.15, -0.1) is 0 Å². The van der Waals surface area contributed by atoms with Crippen LogP contribution in [0.1, 0.15) is 27.8 Å². The number of hydrogen-bond acceptors (Lipinski definition) is 4. The van der Waals surface area contributed by atoms with Gasteiger partial charge in [-0.05, 0) is 67.3 Å². The SMILES string of the molecule is CNC(=O)[C@H](Cc1ccccc1)N(Cc1ccccc1C)C(=O)CN(c1cccc(Cl)c1C)S(=O)(=O)c1ccc(C)cc1. The standard InChI is InChI=1S/C34H36ClN3O4S/c1-24-17-19-29(20-18-24)43(41,42)38(31-16-10-15-30(35)26(31)3)23-33(39)37(22-28-14-9-8-11-25(28)2)32(34(40)36-4)21-27-12-6-5-7-13-27/h5-20,32H,21-23H2,1-4H3,(H,36,40)/t32-/m0/s1. The Balaban J connectivity index is 1.83. The Kier molecular flexibility index (Phi) is 10.3. The second kappa shape index (κ2) is 13.9. The third-order valence-electron chi connectivity index (χ3n) is 7.52. The summed E-state index contributed by atoms with van der Waals surface area (Å²) in [5, 5.41) is 3.08. The van der Waals surface area contributed by atoms with Crippen molar-refractivity contribution < 1.29 is 18.0 Å². The van der Waals surface area contributed by atoms with Gasteiger partial charge in [0.1, 0.15) is 12.6 Å². The lowest BCUT2D eigenvalue weighted by molar-refractivity contribution is -0.139. The summed E-state index contributed by atoms with van der Waals surface area (Å²) in [6, 6.07) is 27.6. The van der Waals surface area contributed by atoms with Crippen LogP contribution in [0.2, 0.25) is 5.02 Å². The van der Waals surface area contributed by atoms with Crippen LogP contribution in [-0.4, -0.2) is 44.8 Å². The highest BCUT2D eigenvalue weighted by Gasteiger charge is 2.35. The number of benzene rings is 4. The zero-order valence-electron chi connectivity index (χ0n) is 24.7. The summed E-state index contributed by atoms with van der Waals surface area (Å²) in [6.07, 6.45) is 0.249. The highest BCUT2D eigenvalue weighted by atomic mass is 35.5. The predicted octanol–water partition coefficient (Wildman–Crippen LogP) is 5.85. The zero-order chi connectivity index (χ0) is 31.1.